The zero-order chi connectivity index (χ0) is 24.1. The number of esters is 1. The maximum absolute atomic E-state index is 13.1. The third kappa shape index (κ3) is 5.13. The third-order valence-corrected chi connectivity index (χ3v) is 7.04. The highest BCUT2D eigenvalue weighted by Gasteiger charge is 2.27. The normalized spacial score (nSPS) is 11.5. The molecule has 0 saturated carbocycles. The number of carbonyl (C=O) groups excluding carboxylic acids is 2. The van der Waals surface area contributed by atoms with Crippen molar-refractivity contribution in [3.05, 3.63) is 40.7 Å². The van der Waals surface area contributed by atoms with Gasteiger partial charge in [-0.3, -0.25) is 4.79 Å². The first kappa shape index (κ1) is 25.4. The Hall–Kier alpha value is -2.85. The Morgan fingerprint density at radius 2 is 1.72 bits per heavy atom. The number of hydrogen-bond donors (Lipinski definition) is 2. The van der Waals surface area contributed by atoms with Gasteiger partial charge in [-0.15, -0.1) is 0 Å². The van der Waals surface area contributed by atoms with Crippen LogP contribution in [0.25, 0.3) is 0 Å². The number of nitrogens with zero attached hydrogens (tertiary/aromatic N) is 1. The van der Waals surface area contributed by atoms with Crippen LogP contribution in [-0.4, -0.2) is 55.9 Å². The molecule has 0 unspecified atom stereocenters. The fourth-order valence-corrected chi connectivity index (χ4v) is 5.07. The topological polar surface area (TPSA) is 118 Å². The molecule has 2 rings (SSSR count). The molecule has 1 heterocycles. The van der Waals surface area contributed by atoms with E-state index in [9.17, 15) is 18.0 Å². The summed E-state index contributed by atoms with van der Waals surface area (Å²) in [6, 6.07) is 4.49. The van der Waals surface area contributed by atoms with Crippen LogP contribution in [-0.2, 0) is 14.8 Å². The molecule has 2 N–H and O–H groups in total. The van der Waals surface area contributed by atoms with E-state index in [0.717, 1.165) is 0 Å². The number of amides is 1. The van der Waals surface area contributed by atoms with Crippen molar-refractivity contribution < 1.29 is 27.5 Å². The fourth-order valence-electron chi connectivity index (χ4n) is 3.46. The van der Waals surface area contributed by atoms with Crippen LogP contribution >= 0.6 is 0 Å². The largest absolute Gasteiger partial charge is 0.492 e. The molecule has 32 heavy (non-hydrogen) atoms. The average molecular weight is 466 g/mol. The molecule has 0 aliphatic carbocycles. The predicted molar refractivity (Wildman–Crippen MR) is 122 cm³/mol. The highest BCUT2D eigenvalue weighted by Crippen LogP contribution is 2.30. The Labute approximate surface area is 189 Å². The summed E-state index contributed by atoms with van der Waals surface area (Å²) in [7, 11) is -3.82. The van der Waals surface area contributed by atoms with Crippen molar-refractivity contribution in [1.82, 2.24) is 9.29 Å². The molecule has 1 aromatic heterocycles. The molecule has 176 valence electrons. The summed E-state index contributed by atoms with van der Waals surface area (Å²) >= 11 is 0. The van der Waals surface area contributed by atoms with Crippen LogP contribution in [0.4, 0.5) is 5.69 Å². The molecule has 1 amide bonds. The zero-order valence-electron chi connectivity index (χ0n) is 19.4. The second-order valence-electron chi connectivity index (χ2n) is 6.98. The minimum atomic E-state index is -3.82. The van der Waals surface area contributed by atoms with Crippen LogP contribution in [0.1, 0.15) is 59.8 Å². The first-order valence-corrected chi connectivity index (χ1v) is 12.0. The van der Waals surface area contributed by atoms with Gasteiger partial charge in [0.2, 0.25) is 10.0 Å². The van der Waals surface area contributed by atoms with Crippen molar-refractivity contribution in [2.45, 2.75) is 46.4 Å². The van der Waals surface area contributed by atoms with E-state index in [2.05, 4.69) is 10.3 Å². The van der Waals surface area contributed by atoms with Crippen LogP contribution in [0, 0.1) is 13.8 Å². The molecule has 10 heteroatoms. The van der Waals surface area contributed by atoms with E-state index in [-0.39, 0.29) is 22.9 Å². The van der Waals surface area contributed by atoms with Crippen molar-refractivity contribution >= 4 is 27.6 Å². The van der Waals surface area contributed by atoms with Crippen LogP contribution in [0.5, 0.6) is 5.75 Å². The number of hydrogen-bond acceptors (Lipinski definition) is 6. The van der Waals surface area contributed by atoms with Crippen molar-refractivity contribution in [2.75, 3.05) is 31.6 Å². The number of benzene rings is 1. The molecule has 0 radical (unpaired) electrons. The summed E-state index contributed by atoms with van der Waals surface area (Å²) in [5.41, 5.74) is 1.77. The second-order valence-corrected chi connectivity index (χ2v) is 8.89. The highest BCUT2D eigenvalue weighted by atomic mass is 32.2. The standard InChI is InChI=1S/C22H31N3O6S/c1-7-25(8-2)32(28,29)18-13-16(11-12-17(18)30-9-3)24-21(26)19-14(5)20(23-15(19)6)22(27)31-10-4/h11-13,23H,7-10H2,1-6H3,(H,24,26). The first-order chi connectivity index (χ1) is 15.1. The summed E-state index contributed by atoms with van der Waals surface area (Å²) in [4.78, 5) is 28.0. The lowest BCUT2D eigenvalue weighted by molar-refractivity contribution is 0.0519. The number of aromatic nitrogens is 1. The molecule has 0 aliphatic rings. The molecule has 0 atom stereocenters. The van der Waals surface area contributed by atoms with Gasteiger partial charge in [0.1, 0.15) is 16.3 Å². The first-order valence-electron chi connectivity index (χ1n) is 10.6. The summed E-state index contributed by atoms with van der Waals surface area (Å²) in [6.45, 7) is 11.4. The Morgan fingerprint density at radius 1 is 1.06 bits per heavy atom. The van der Waals surface area contributed by atoms with Crippen LogP contribution in [0.2, 0.25) is 0 Å². The van der Waals surface area contributed by atoms with Gasteiger partial charge >= 0.3 is 5.97 Å². The van der Waals surface area contributed by atoms with Gasteiger partial charge in [0.05, 0.1) is 18.8 Å². The van der Waals surface area contributed by atoms with Gasteiger partial charge in [-0.05, 0) is 51.5 Å². The fraction of sp³-hybridized carbons (Fsp3) is 0.455. The molecule has 1 aromatic carbocycles. The number of aryl methyl sites for hydroxylation is 1. The summed E-state index contributed by atoms with van der Waals surface area (Å²) < 4.78 is 38.1. The van der Waals surface area contributed by atoms with Crippen molar-refractivity contribution in [3.63, 3.8) is 0 Å². The Kier molecular flexibility index (Phi) is 8.45. The molecule has 9 nitrogen and oxygen atoms in total. The van der Waals surface area contributed by atoms with Crippen LogP contribution in [0.15, 0.2) is 23.1 Å². The smallest absolute Gasteiger partial charge is 0.355 e. The molecule has 2 aromatic rings. The Morgan fingerprint density at radius 3 is 2.28 bits per heavy atom. The Bertz CT molecular complexity index is 1090. The van der Waals surface area contributed by atoms with E-state index in [0.29, 0.717) is 42.2 Å². The van der Waals surface area contributed by atoms with Crippen LogP contribution in [0.3, 0.4) is 0 Å². The van der Waals surface area contributed by atoms with E-state index in [1.807, 2.05) is 0 Å². The lowest BCUT2D eigenvalue weighted by Gasteiger charge is -2.21. The molecule has 0 bridgehead atoms. The second kappa shape index (κ2) is 10.6. The van der Waals surface area contributed by atoms with Gasteiger partial charge in [-0.2, -0.15) is 4.31 Å². The monoisotopic (exact) mass is 465 g/mol. The van der Waals surface area contributed by atoms with Gasteiger partial charge in [-0.1, -0.05) is 13.8 Å². The van der Waals surface area contributed by atoms with E-state index >= 15 is 0 Å². The lowest BCUT2D eigenvalue weighted by Crippen LogP contribution is -2.31. The van der Waals surface area contributed by atoms with Gasteiger partial charge in [0.25, 0.3) is 5.91 Å². The van der Waals surface area contributed by atoms with Gasteiger partial charge in [0.15, 0.2) is 0 Å². The maximum Gasteiger partial charge on any atom is 0.355 e. The molecule has 0 saturated heterocycles. The quantitative estimate of drug-likeness (QED) is 0.519. The molecule has 0 spiro atoms. The third-order valence-electron chi connectivity index (χ3n) is 4.97. The summed E-state index contributed by atoms with van der Waals surface area (Å²) in [5, 5.41) is 2.73. The molecular formula is C22H31N3O6S. The van der Waals surface area contributed by atoms with Gasteiger partial charge in [0, 0.05) is 24.5 Å². The number of rotatable bonds is 10. The van der Waals surface area contributed by atoms with Gasteiger partial charge < -0.3 is 19.8 Å². The SMILES string of the molecule is CCOC(=O)c1[nH]c(C)c(C(=O)Nc2ccc(OCC)c(S(=O)(=O)N(CC)CC)c2)c1C. The highest BCUT2D eigenvalue weighted by molar-refractivity contribution is 7.89. The number of H-pyrrole nitrogens is 1. The number of carbonyl (C=O) groups is 2. The van der Waals surface area contributed by atoms with Crippen molar-refractivity contribution in [3.8, 4) is 5.75 Å². The maximum atomic E-state index is 13.1. The minimum absolute atomic E-state index is 0.0180. The summed E-state index contributed by atoms with van der Waals surface area (Å²) in [5.74, 6) is -0.793. The van der Waals surface area contributed by atoms with Gasteiger partial charge in [-0.25, -0.2) is 13.2 Å². The molecular weight excluding hydrogens is 434 g/mol. The number of anilines is 1. The van der Waals surface area contributed by atoms with E-state index in [1.165, 1.54) is 16.4 Å². The van der Waals surface area contributed by atoms with Crippen LogP contribution < -0.4 is 10.1 Å². The number of nitrogens with one attached hydrogen (secondary N) is 2. The zero-order valence-corrected chi connectivity index (χ0v) is 20.2. The van der Waals surface area contributed by atoms with E-state index in [1.54, 1.807) is 47.6 Å². The van der Waals surface area contributed by atoms with Crippen molar-refractivity contribution in [2.24, 2.45) is 0 Å². The number of sulfonamides is 1. The van der Waals surface area contributed by atoms with Crippen molar-refractivity contribution in [1.29, 1.82) is 0 Å². The van der Waals surface area contributed by atoms with E-state index in [4.69, 9.17) is 9.47 Å². The average Bonchev–Trinajstić information content (AvgIpc) is 3.04. The number of aromatic amines is 1. The molecule has 0 aliphatic heterocycles. The summed E-state index contributed by atoms with van der Waals surface area (Å²) in [6.07, 6.45) is 0. The predicted octanol–water partition coefficient (Wildman–Crippen LogP) is 3.49. The lowest BCUT2D eigenvalue weighted by atomic mass is 10.1. The molecule has 0 fully saturated rings. The minimum Gasteiger partial charge on any atom is -0.492 e. The Balaban J connectivity index is 2.44. The van der Waals surface area contributed by atoms with E-state index < -0.39 is 21.9 Å². The number of ether oxygens (including phenoxy) is 2.